The van der Waals surface area contributed by atoms with Gasteiger partial charge in [-0.2, -0.15) is 0 Å². The van der Waals surface area contributed by atoms with Gasteiger partial charge in [0.1, 0.15) is 0 Å². The van der Waals surface area contributed by atoms with Crippen LogP contribution in [0.1, 0.15) is 30.4 Å². The molecule has 2 fully saturated rings. The van der Waals surface area contributed by atoms with Crippen LogP contribution in [-0.2, 0) is 17.8 Å². The molecule has 1 saturated heterocycles. The molecule has 1 saturated carbocycles. The third-order valence-corrected chi connectivity index (χ3v) is 5.39. The van der Waals surface area contributed by atoms with E-state index in [-0.39, 0.29) is 6.04 Å². The van der Waals surface area contributed by atoms with Gasteiger partial charge in [-0.1, -0.05) is 0 Å². The fourth-order valence-electron chi connectivity index (χ4n) is 3.94. The lowest BCUT2D eigenvalue weighted by molar-refractivity contribution is -0.132. The number of rotatable bonds is 4. The van der Waals surface area contributed by atoms with Gasteiger partial charge in [0, 0.05) is 25.7 Å². The van der Waals surface area contributed by atoms with Crippen LogP contribution in [0.2, 0.25) is 0 Å². The number of carbonyl (C=O) groups excluding carboxylic acids is 1. The zero-order valence-electron chi connectivity index (χ0n) is 13.9. The summed E-state index contributed by atoms with van der Waals surface area (Å²) in [6.45, 7) is 2.70. The van der Waals surface area contributed by atoms with Crippen molar-refractivity contribution in [3.63, 3.8) is 0 Å². The van der Waals surface area contributed by atoms with Crippen molar-refractivity contribution in [3.8, 4) is 11.5 Å². The van der Waals surface area contributed by atoms with Gasteiger partial charge in [0.05, 0.1) is 20.3 Å². The molecule has 1 aliphatic carbocycles. The molecule has 2 heterocycles. The largest absolute Gasteiger partial charge is 0.493 e. The molecule has 1 aromatic carbocycles. The van der Waals surface area contributed by atoms with Crippen LogP contribution in [0.25, 0.3) is 0 Å². The molecular formula is C18H24N2O3. The van der Waals surface area contributed by atoms with Crippen LogP contribution in [0.4, 0.5) is 0 Å². The summed E-state index contributed by atoms with van der Waals surface area (Å²) in [5.41, 5.74) is 2.56. The van der Waals surface area contributed by atoms with Gasteiger partial charge in [-0.3, -0.25) is 9.69 Å². The summed E-state index contributed by atoms with van der Waals surface area (Å²) in [4.78, 5) is 17.1. The average molecular weight is 316 g/mol. The Labute approximate surface area is 137 Å². The lowest BCUT2D eigenvalue weighted by atomic mass is 9.97. The van der Waals surface area contributed by atoms with E-state index >= 15 is 0 Å². The Bertz CT molecular complexity index is 627. The number of benzene rings is 1. The number of hydrogen-bond acceptors (Lipinski definition) is 4. The molecule has 23 heavy (non-hydrogen) atoms. The number of hydrogen-bond donors (Lipinski definition) is 0. The van der Waals surface area contributed by atoms with E-state index in [9.17, 15) is 4.79 Å². The van der Waals surface area contributed by atoms with Crippen molar-refractivity contribution >= 4 is 5.91 Å². The van der Waals surface area contributed by atoms with E-state index in [0.717, 1.165) is 44.0 Å². The highest BCUT2D eigenvalue weighted by Crippen LogP contribution is 2.36. The Kier molecular flexibility index (Phi) is 3.68. The number of ether oxygens (including phenoxy) is 2. The van der Waals surface area contributed by atoms with Crippen LogP contribution < -0.4 is 9.47 Å². The molecule has 5 nitrogen and oxygen atoms in total. The summed E-state index contributed by atoms with van der Waals surface area (Å²) in [5, 5.41) is 0. The van der Waals surface area contributed by atoms with Crippen molar-refractivity contribution in [2.24, 2.45) is 0 Å². The highest BCUT2D eigenvalue weighted by Gasteiger charge is 2.43. The molecule has 0 radical (unpaired) electrons. The maximum atomic E-state index is 12.7. The Morgan fingerprint density at radius 3 is 2.35 bits per heavy atom. The third kappa shape index (κ3) is 2.57. The first-order chi connectivity index (χ1) is 11.2. The van der Waals surface area contributed by atoms with E-state index in [0.29, 0.717) is 11.9 Å². The van der Waals surface area contributed by atoms with E-state index in [1.807, 2.05) is 0 Å². The van der Waals surface area contributed by atoms with Crippen molar-refractivity contribution < 1.29 is 14.3 Å². The summed E-state index contributed by atoms with van der Waals surface area (Å²) >= 11 is 0. The van der Waals surface area contributed by atoms with Gasteiger partial charge in [0.2, 0.25) is 5.91 Å². The summed E-state index contributed by atoms with van der Waals surface area (Å²) in [6, 6.07) is 4.75. The minimum atomic E-state index is 0.0665. The van der Waals surface area contributed by atoms with E-state index in [1.165, 1.54) is 24.0 Å². The summed E-state index contributed by atoms with van der Waals surface area (Å²) in [6.07, 6.45) is 4.32. The molecule has 1 amide bonds. The molecule has 0 bridgehead atoms. The van der Waals surface area contributed by atoms with Crippen LogP contribution in [0.15, 0.2) is 12.1 Å². The molecule has 0 N–H and O–H groups in total. The SMILES string of the molecule is COc1cc2c(cc1OC)CN(C1CCN(C3CC3)C1=O)CC2. The lowest BCUT2D eigenvalue weighted by Gasteiger charge is -2.33. The Balaban J connectivity index is 1.53. The monoisotopic (exact) mass is 316 g/mol. The van der Waals surface area contributed by atoms with Crippen LogP contribution >= 0.6 is 0 Å². The number of likely N-dealkylation sites (tertiary alicyclic amines) is 1. The van der Waals surface area contributed by atoms with Crippen molar-refractivity contribution in [1.29, 1.82) is 0 Å². The first-order valence-electron chi connectivity index (χ1n) is 8.49. The first kappa shape index (κ1) is 14.8. The normalized spacial score (nSPS) is 24.7. The smallest absolute Gasteiger partial charge is 0.240 e. The molecule has 5 heteroatoms. The predicted molar refractivity (Wildman–Crippen MR) is 86.8 cm³/mol. The van der Waals surface area contributed by atoms with Crippen LogP contribution in [0, 0.1) is 0 Å². The number of amides is 1. The Morgan fingerprint density at radius 1 is 1.00 bits per heavy atom. The molecule has 0 spiro atoms. The quantitative estimate of drug-likeness (QED) is 0.850. The Hall–Kier alpha value is -1.75. The average Bonchev–Trinajstić information content (AvgIpc) is 3.35. The molecular weight excluding hydrogens is 292 g/mol. The van der Waals surface area contributed by atoms with Crippen molar-refractivity contribution in [1.82, 2.24) is 9.80 Å². The predicted octanol–water partition coefficient (Wildman–Crippen LogP) is 1.83. The minimum absolute atomic E-state index is 0.0665. The molecule has 1 atom stereocenters. The van der Waals surface area contributed by atoms with Crippen LogP contribution in [0.3, 0.4) is 0 Å². The molecule has 1 unspecified atom stereocenters. The van der Waals surface area contributed by atoms with Gasteiger partial charge in [-0.25, -0.2) is 0 Å². The van der Waals surface area contributed by atoms with Gasteiger partial charge >= 0.3 is 0 Å². The number of carbonyl (C=O) groups is 1. The van der Waals surface area contributed by atoms with Gasteiger partial charge in [-0.15, -0.1) is 0 Å². The van der Waals surface area contributed by atoms with Crippen molar-refractivity contribution in [3.05, 3.63) is 23.3 Å². The fourth-order valence-corrected chi connectivity index (χ4v) is 3.94. The minimum Gasteiger partial charge on any atom is -0.493 e. The topological polar surface area (TPSA) is 42.0 Å². The molecule has 2 aliphatic heterocycles. The zero-order valence-corrected chi connectivity index (χ0v) is 13.9. The van der Waals surface area contributed by atoms with Gasteiger partial charge in [0.25, 0.3) is 0 Å². The Morgan fingerprint density at radius 2 is 1.70 bits per heavy atom. The van der Waals surface area contributed by atoms with Crippen molar-refractivity contribution in [2.75, 3.05) is 27.3 Å². The molecule has 4 rings (SSSR count). The van der Waals surface area contributed by atoms with Crippen molar-refractivity contribution in [2.45, 2.75) is 44.3 Å². The van der Waals surface area contributed by atoms with Gasteiger partial charge in [0.15, 0.2) is 11.5 Å². The van der Waals surface area contributed by atoms with Crippen LogP contribution in [-0.4, -0.2) is 55.1 Å². The number of nitrogens with zero attached hydrogens (tertiary/aromatic N) is 2. The highest BCUT2D eigenvalue weighted by atomic mass is 16.5. The second kappa shape index (κ2) is 5.71. The van der Waals surface area contributed by atoms with E-state index in [4.69, 9.17) is 9.47 Å². The lowest BCUT2D eigenvalue weighted by Crippen LogP contribution is -2.44. The molecule has 124 valence electrons. The first-order valence-corrected chi connectivity index (χ1v) is 8.49. The fraction of sp³-hybridized carbons (Fsp3) is 0.611. The van der Waals surface area contributed by atoms with E-state index in [2.05, 4.69) is 21.9 Å². The molecule has 0 aromatic heterocycles. The second-order valence-corrected chi connectivity index (χ2v) is 6.76. The number of fused-ring (bicyclic) bond motifs is 1. The summed E-state index contributed by atoms with van der Waals surface area (Å²) in [7, 11) is 3.34. The maximum Gasteiger partial charge on any atom is 0.240 e. The highest BCUT2D eigenvalue weighted by molar-refractivity contribution is 5.84. The standard InChI is InChI=1S/C18H24N2O3/c1-22-16-9-12-5-7-19(11-13(12)10-17(16)23-2)15-6-8-20(18(15)21)14-3-4-14/h9-10,14-15H,3-8,11H2,1-2H3. The third-order valence-electron chi connectivity index (χ3n) is 5.39. The van der Waals surface area contributed by atoms with Gasteiger partial charge in [-0.05, 0) is 48.9 Å². The summed E-state index contributed by atoms with van der Waals surface area (Å²) < 4.78 is 10.8. The summed E-state index contributed by atoms with van der Waals surface area (Å²) in [5.74, 6) is 1.90. The second-order valence-electron chi connectivity index (χ2n) is 6.76. The number of methoxy groups -OCH3 is 2. The van der Waals surface area contributed by atoms with E-state index < -0.39 is 0 Å². The van der Waals surface area contributed by atoms with Gasteiger partial charge < -0.3 is 14.4 Å². The zero-order chi connectivity index (χ0) is 16.0. The molecule has 1 aromatic rings. The van der Waals surface area contributed by atoms with Crippen LogP contribution in [0.5, 0.6) is 11.5 Å². The van der Waals surface area contributed by atoms with E-state index in [1.54, 1.807) is 14.2 Å². The maximum absolute atomic E-state index is 12.7. The molecule has 3 aliphatic rings.